The molecule has 0 amide bonds. The second kappa shape index (κ2) is 12.8. The van der Waals surface area contributed by atoms with E-state index in [1.165, 1.54) is 33.4 Å². The van der Waals surface area contributed by atoms with Crippen LogP contribution >= 0.6 is 0 Å². The Kier molecular flexibility index (Phi) is 8.42. The summed E-state index contributed by atoms with van der Waals surface area (Å²) < 4.78 is 0. The van der Waals surface area contributed by atoms with Gasteiger partial charge in [0.2, 0.25) is 0 Å². The third-order valence-corrected chi connectivity index (χ3v) is 10.5. The van der Waals surface area contributed by atoms with Gasteiger partial charge in [0.25, 0.3) is 0 Å². The molecule has 8 heteroatoms. The second-order valence-electron chi connectivity index (χ2n) is 13.3. The van der Waals surface area contributed by atoms with Gasteiger partial charge in [0.15, 0.2) is 0 Å². The van der Waals surface area contributed by atoms with E-state index < -0.39 is 0 Å². The van der Waals surface area contributed by atoms with E-state index in [1.807, 2.05) is 36.4 Å². The van der Waals surface area contributed by atoms with Crippen molar-refractivity contribution in [3.8, 4) is 22.5 Å². The number of anilines is 2. The quantitative estimate of drug-likeness (QED) is 0.143. The van der Waals surface area contributed by atoms with Crippen molar-refractivity contribution in [1.29, 1.82) is 0 Å². The van der Waals surface area contributed by atoms with Crippen LogP contribution in [0.15, 0.2) is 48.5 Å². The first-order chi connectivity index (χ1) is 24.1. The Morgan fingerprint density at radius 2 is 0.920 bits per heavy atom. The first kappa shape index (κ1) is 33.0. The average Bonchev–Trinajstić information content (AvgIpc) is 3.78. The molecule has 0 radical (unpaired) electrons. The summed E-state index contributed by atoms with van der Waals surface area (Å²) >= 11 is 0. The first-order valence-corrected chi connectivity index (χ1v) is 17.8. The van der Waals surface area contributed by atoms with Crippen LogP contribution in [0.4, 0.5) is 11.6 Å². The molecule has 0 spiro atoms. The van der Waals surface area contributed by atoms with Crippen molar-refractivity contribution in [2.75, 3.05) is 11.5 Å². The van der Waals surface area contributed by atoms with Crippen LogP contribution in [0.3, 0.4) is 0 Å². The molecule has 0 saturated heterocycles. The predicted octanol–water partition coefficient (Wildman–Crippen LogP) is 10.0. The van der Waals surface area contributed by atoms with Crippen LogP contribution in [0.5, 0.6) is 0 Å². The number of fused-ring (bicyclic) bond motifs is 8. The first-order valence-electron chi connectivity index (χ1n) is 17.8. The minimum absolute atomic E-state index is 0.473. The zero-order valence-electron chi connectivity index (χ0n) is 30.4. The number of rotatable bonds is 6. The number of aromatic nitrogens is 6. The molecule has 254 valence electrons. The standard InChI is InChI=1S/C42H46N8/c1-9-25-21(5)39-37(29-15-13-17-35(43)45-29)40-23(7)27(11-3)33(49-40)20-34-28(12-4)24(8)42(50-34)38(30-16-14-18-36(44)46-30)41-22(6)26(10-2)32(48-41)19-31(25)47-39/h13-20,47,50H,9-12H2,1-8H3,(H2,43,45)(H2,44,46). The molecule has 8 bridgehead atoms. The summed E-state index contributed by atoms with van der Waals surface area (Å²) in [5, 5.41) is 0. The maximum atomic E-state index is 6.31. The Morgan fingerprint density at radius 1 is 0.520 bits per heavy atom. The van der Waals surface area contributed by atoms with E-state index in [2.05, 4.69) is 77.5 Å². The van der Waals surface area contributed by atoms with Gasteiger partial charge in [-0.1, -0.05) is 39.8 Å². The highest BCUT2D eigenvalue weighted by Gasteiger charge is 2.26. The predicted molar refractivity (Wildman–Crippen MR) is 210 cm³/mol. The van der Waals surface area contributed by atoms with Crippen LogP contribution in [-0.4, -0.2) is 29.9 Å². The number of hydrogen-bond donors (Lipinski definition) is 4. The fourth-order valence-corrected chi connectivity index (χ4v) is 7.99. The fourth-order valence-electron chi connectivity index (χ4n) is 7.99. The van der Waals surface area contributed by atoms with Crippen LogP contribution in [0.25, 0.3) is 66.9 Å². The van der Waals surface area contributed by atoms with Crippen LogP contribution in [-0.2, 0) is 12.8 Å². The van der Waals surface area contributed by atoms with Crippen molar-refractivity contribution < 1.29 is 0 Å². The van der Waals surface area contributed by atoms with E-state index in [0.29, 0.717) is 11.6 Å². The van der Waals surface area contributed by atoms with Gasteiger partial charge in [-0.3, -0.25) is 0 Å². The molecule has 0 atom stereocenters. The lowest BCUT2D eigenvalue weighted by atomic mass is 9.97. The highest BCUT2D eigenvalue weighted by molar-refractivity contribution is 6.03. The number of pyridine rings is 2. The molecule has 0 unspecified atom stereocenters. The van der Waals surface area contributed by atoms with E-state index in [9.17, 15) is 0 Å². The molecule has 2 aliphatic rings. The summed E-state index contributed by atoms with van der Waals surface area (Å²) in [7, 11) is 0. The minimum atomic E-state index is 0.473. The molecule has 0 aromatic carbocycles. The van der Waals surface area contributed by atoms with Gasteiger partial charge in [0.1, 0.15) is 11.6 Å². The van der Waals surface area contributed by atoms with Crippen molar-refractivity contribution >= 4 is 56.0 Å². The smallest absolute Gasteiger partial charge is 0.124 e. The largest absolute Gasteiger partial charge is 0.384 e. The van der Waals surface area contributed by atoms with E-state index in [4.69, 9.17) is 31.4 Å². The Morgan fingerprint density at radius 3 is 1.26 bits per heavy atom. The van der Waals surface area contributed by atoms with Crippen molar-refractivity contribution in [3.63, 3.8) is 0 Å². The van der Waals surface area contributed by atoms with Gasteiger partial charge >= 0.3 is 0 Å². The molecule has 0 saturated carbocycles. The molecule has 0 aliphatic carbocycles. The third-order valence-electron chi connectivity index (χ3n) is 10.5. The summed E-state index contributed by atoms with van der Waals surface area (Å²) in [6.45, 7) is 17.6. The lowest BCUT2D eigenvalue weighted by Gasteiger charge is -2.08. The SMILES string of the molecule is CCC1=C(C)c2nc1cc1[nH]c(c(C)c1CC)c(-c1cccc(N)n1)c1nc(cc3[nH]c(c(C)c3CC)c2-c2cccc(N)n2)C(CC)=C1C. The zero-order valence-corrected chi connectivity index (χ0v) is 30.4. The van der Waals surface area contributed by atoms with Gasteiger partial charge in [-0.15, -0.1) is 0 Å². The van der Waals surface area contributed by atoms with Crippen molar-refractivity contribution in [1.82, 2.24) is 29.9 Å². The van der Waals surface area contributed by atoms with Gasteiger partial charge in [0.05, 0.1) is 56.3 Å². The molecule has 8 nitrogen and oxygen atoms in total. The van der Waals surface area contributed by atoms with Gasteiger partial charge in [-0.25, -0.2) is 19.9 Å². The monoisotopic (exact) mass is 662 g/mol. The zero-order chi connectivity index (χ0) is 35.4. The van der Waals surface area contributed by atoms with Gasteiger partial charge in [-0.05, 0) is 134 Å². The lowest BCUT2D eigenvalue weighted by Crippen LogP contribution is -1.95. The molecule has 0 fully saturated rings. The number of nitrogens with zero attached hydrogens (tertiary/aromatic N) is 4. The van der Waals surface area contributed by atoms with Crippen LogP contribution in [0.2, 0.25) is 0 Å². The minimum Gasteiger partial charge on any atom is -0.384 e. The number of hydrogen-bond acceptors (Lipinski definition) is 6. The fraction of sp³-hybridized carbons (Fsp3) is 0.286. The molecular weight excluding hydrogens is 617 g/mol. The summed E-state index contributed by atoms with van der Waals surface area (Å²) in [5.41, 5.74) is 33.4. The maximum Gasteiger partial charge on any atom is 0.124 e. The molecular formula is C42H46N8. The Balaban J connectivity index is 1.78. The number of nitrogen functional groups attached to an aromatic ring is 2. The highest BCUT2D eigenvalue weighted by atomic mass is 14.9. The molecule has 5 aromatic rings. The molecule has 50 heavy (non-hydrogen) atoms. The Hall–Kier alpha value is -5.50. The summed E-state index contributed by atoms with van der Waals surface area (Å²) in [6.07, 6.45) is 3.37. The summed E-state index contributed by atoms with van der Waals surface area (Å²) in [6, 6.07) is 16.1. The Bertz CT molecular complexity index is 2270. The number of nitrogens with one attached hydrogen (secondary N) is 2. The van der Waals surface area contributed by atoms with E-state index in [-0.39, 0.29) is 0 Å². The molecule has 6 N–H and O–H groups in total. The topological polar surface area (TPSA) is 135 Å². The number of allylic oxidation sites excluding steroid dienone is 4. The molecule has 7 rings (SSSR count). The van der Waals surface area contributed by atoms with E-state index in [0.717, 1.165) is 104 Å². The van der Waals surface area contributed by atoms with Crippen molar-refractivity contribution in [2.24, 2.45) is 0 Å². The normalized spacial score (nSPS) is 13.1. The third kappa shape index (κ3) is 5.21. The second-order valence-corrected chi connectivity index (χ2v) is 13.3. The number of nitrogens with two attached hydrogens (primary N) is 2. The number of aromatic amines is 2. The highest BCUT2D eigenvalue weighted by Crippen LogP contribution is 2.43. The van der Waals surface area contributed by atoms with Gasteiger partial charge in [0, 0.05) is 11.0 Å². The van der Waals surface area contributed by atoms with Crippen molar-refractivity contribution in [3.05, 3.63) is 93.6 Å². The molecule has 7 heterocycles. The van der Waals surface area contributed by atoms with Gasteiger partial charge < -0.3 is 21.4 Å². The number of H-pyrrole nitrogens is 2. The van der Waals surface area contributed by atoms with Gasteiger partial charge in [-0.2, -0.15) is 0 Å². The van der Waals surface area contributed by atoms with E-state index >= 15 is 0 Å². The van der Waals surface area contributed by atoms with Crippen molar-refractivity contribution in [2.45, 2.75) is 81.1 Å². The molecule has 5 aromatic heterocycles. The maximum absolute atomic E-state index is 6.31. The summed E-state index contributed by atoms with van der Waals surface area (Å²) in [4.78, 5) is 28.3. The van der Waals surface area contributed by atoms with Crippen LogP contribution < -0.4 is 11.5 Å². The average molecular weight is 663 g/mol. The van der Waals surface area contributed by atoms with E-state index in [1.54, 1.807) is 0 Å². The number of aryl methyl sites for hydroxylation is 4. The van der Waals surface area contributed by atoms with Crippen LogP contribution in [0, 0.1) is 13.8 Å². The Labute approximate surface area is 293 Å². The summed E-state index contributed by atoms with van der Waals surface area (Å²) in [5.74, 6) is 0.946. The lowest BCUT2D eigenvalue weighted by molar-refractivity contribution is 1.14. The molecule has 2 aliphatic heterocycles. The van der Waals surface area contributed by atoms with Crippen LogP contribution in [0.1, 0.15) is 99.4 Å².